The predicted molar refractivity (Wildman–Crippen MR) is 101 cm³/mol. The molecule has 0 bridgehead atoms. The van der Waals surface area contributed by atoms with Crippen LogP contribution in [0.4, 0.5) is 15.1 Å². The first-order valence-corrected chi connectivity index (χ1v) is 9.53. The lowest BCUT2D eigenvalue weighted by Crippen LogP contribution is -2.21. The van der Waals surface area contributed by atoms with Gasteiger partial charge in [0.05, 0.1) is 30.3 Å². The van der Waals surface area contributed by atoms with Crippen LogP contribution >= 0.6 is 11.3 Å². The van der Waals surface area contributed by atoms with Crippen LogP contribution in [0.1, 0.15) is 10.4 Å². The monoisotopic (exact) mass is 422 g/mol. The summed E-state index contributed by atoms with van der Waals surface area (Å²) in [5, 5.41) is 9.51. The maximum atomic E-state index is 13.1. The van der Waals surface area contributed by atoms with Crippen LogP contribution in [0.5, 0.6) is 5.75 Å². The molecule has 146 valence electrons. The zero-order chi connectivity index (χ0) is 20.3. The molecule has 0 radical (unpaired) electrons. The average Bonchev–Trinajstić information content (AvgIpc) is 3.17. The van der Waals surface area contributed by atoms with E-state index in [1.54, 1.807) is 12.1 Å². The highest BCUT2D eigenvalue weighted by Gasteiger charge is 2.20. The first-order chi connectivity index (χ1) is 13.4. The molecule has 0 aliphatic carbocycles. The van der Waals surface area contributed by atoms with E-state index >= 15 is 0 Å². The first kappa shape index (κ1) is 19.9. The number of carbonyl (C=O) groups excluding carboxylic acids is 1. The van der Waals surface area contributed by atoms with Crippen LogP contribution < -0.4 is 14.5 Å². The van der Waals surface area contributed by atoms with Crippen LogP contribution in [0.2, 0.25) is 0 Å². The van der Waals surface area contributed by atoms with Crippen molar-refractivity contribution in [3.63, 3.8) is 0 Å². The maximum Gasteiger partial charge on any atom is 0.274 e. The normalized spacial score (nSPS) is 11.7. The van der Waals surface area contributed by atoms with Gasteiger partial charge in [-0.15, -0.1) is 0 Å². The van der Waals surface area contributed by atoms with Crippen molar-refractivity contribution in [1.29, 1.82) is 0 Å². The van der Waals surface area contributed by atoms with Gasteiger partial charge in [0.15, 0.2) is 0 Å². The molecule has 0 aliphatic heterocycles. The zero-order valence-electron chi connectivity index (χ0n) is 14.3. The number of halogens is 1. The largest absolute Gasteiger partial charge is 0.755 e. The van der Waals surface area contributed by atoms with Gasteiger partial charge in [0, 0.05) is 11.1 Å². The fraction of sp³-hybridized carbons (Fsp3) is 0.0588. The van der Waals surface area contributed by atoms with E-state index in [9.17, 15) is 17.9 Å². The molecule has 3 aromatic rings. The molecule has 0 spiro atoms. The van der Waals surface area contributed by atoms with Gasteiger partial charge in [0.1, 0.15) is 21.6 Å². The minimum Gasteiger partial charge on any atom is -0.755 e. The lowest BCUT2D eigenvalue weighted by molar-refractivity contribution is 0.0706. The van der Waals surface area contributed by atoms with Crippen molar-refractivity contribution in [2.75, 3.05) is 11.4 Å². The van der Waals surface area contributed by atoms with Crippen molar-refractivity contribution < 1.29 is 27.9 Å². The Morgan fingerprint density at radius 1 is 1.32 bits per heavy atom. The lowest BCUT2D eigenvalue weighted by Gasteiger charge is -2.26. The summed E-state index contributed by atoms with van der Waals surface area (Å²) in [5.41, 5.74) is 2.36. The van der Waals surface area contributed by atoms with Crippen LogP contribution in [0.3, 0.4) is 0 Å². The summed E-state index contributed by atoms with van der Waals surface area (Å²) in [4.78, 5) is 15.8. The number of hydroxylamine groups is 1. The molecule has 1 heterocycles. The van der Waals surface area contributed by atoms with Crippen molar-refractivity contribution >= 4 is 39.2 Å². The van der Waals surface area contributed by atoms with E-state index in [0.717, 1.165) is 15.6 Å². The number of hydrogen-bond acceptors (Lipinski definition) is 7. The van der Waals surface area contributed by atoms with Crippen molar-refractivity contribution in [2.45, 2.75) is 0 Å². The number of thiazole rings is 1. The number of anilines is 2. The number of amides is 1. The Bertz CT molecular complexity index is 1030. The summed E-state index contributed by atoms with van der Waals surface area (Å²) in [7, 11) is 1.32. The Balaban J connectivity index is 2.02. The number of methoxy groups -OCH3 is 1. The van der Waals surface area contributed by atoms with E-state index in [2.05, 4.69) is 4.98 Å². The van der Waals surface area contributed by atoms with Gasteiger partial charge in [-0.3, -0.25) is 18.5 Å². The van der Waals surface area contributed by atoms with Gasteiger partial charge in [0.25, 0.3) is 5.91 Å². The van der Waals surface area contributed by atoms with Crippen LogP contribution in [0, 0.1) is 5.82 Å². The van der Waals surface area contributed by atoms with Gasteiger partial charge in [-0.05, 0) is 42.5 Å². The average molecular weight is 422 g/mol. The zero-order valence-corrected chi connectivity index (χ0v) is 15.9. The highest BCUT2D eigenvalue weighted by atomic mass is 32.2. The summed E-state index contributed by atoms with van der Waals surface area (Å²) in [6, 6.07) is 9.66. The number of ether oxygens (including phenoxy) is 1. The lowest BCUT2D eigenvalue weighted by atomic mass is 10.2. The third-order valence-electron chi connectivity index (χ3n) is 3.70. The molecule has 1 aromatic heterocycles. The second-order valence-corrected chi connectivity index (χ2v) is 7.16. The third kappa shape index (κ3) is 4.02. The Hall–Kier alpha value is -2.86. The number of nitrogens with zero attached hydrogens (tertiary/aromatic N) is 2. The van der Waals surface area contributed by atoms with Gasteiger partial charge >= 0.3 is 0 Å². The Kier molecular flexibility index (Phi) is 5.99. The summed E-state index contributed by atoms with van der Waals surface area (Å²) < 4.78 is 43.1. The van der Waals surface area contributed by atoms with Gasteiger partial charge in [-0.1, -0.05) is 11.3 Å². The van der Waals surface area contributed by atoms with E-state index in [-0.39, 0.29) is 27.8 Å². The molecule has 1 atom stereocenters. The van der Waals surface area contributed by atoms with E-state index in [0.29, 0.717) is 10.6 Å². The van der Waals surface area contributed by atoms with Crippen molar-refractivity contribution in [3.8, 4) is 16.3 Å². The summed E-state index contributed by atoms with van der Waals surface area (Å²) in [6.45, 7) is 0. The molecule has 0 saturated carbocycles. The van der Waals surface area contributed by atoms with E-state index < -0.39 is 17.2 Å². The van der Waals surface area contributed by atoms with Gasteiger partial charge in [0.2, 0.25) is 0 Å². The molecule has 1 amide bonds. The van der Waals surface area contributed by atoms with Crippen molar-refractivity contribution in [1.82, 2.24) is 10.5 Å². The number of aromatic nitrogens is 1. The van der Waals surface area contributed by atoms with Crippen molar-refractivity contribution in [3.05, 3.63) is 60.0 Å². The summed E-state index contributed by atoms with van der Waals surface area (Å²) in [6.07, 6.45) is 1.37. The summed E-state index contributed by atoms with van der Waals surface area (Å²) >= 11 is -1.64. The second kappa shape index (κ2) is 8.44. The fourth-order valence-corrected chi connectivity index (χ4v) is 4.05. The Labute approximate surface area is 165 Å². The fourth-order valence-electron chi connectivity index (χ4n) is 2.41. The molecule has 0 fully saturated rings. The molecule has 2 aromatic carbocycles. The summed E-state index contributed by atoms with van der Waals surface area (Å²) in [5.74, 6) is -1.06. The number of rotatable bonds is 6. The number of carbonyl (C=O) groups is 1. The van der Waals surface area contributed by atoms with E-state index in [1.807, 2.05) is 0 Å². The molecule has 8 nitrogen and oxygen atoms in total. The maximum absolute atomic E-state index is 13.1. The Morgan fingerprint density at radius 2 is 2.04 bits per heavy atom. The SMILES string of the molecule is COc1cc(C(=O)NO)ccc1N(c1cnc(-c2ccc(F)cc2)s1)S(=O)[O-]. The molecule has 0 saturated heterocycles. The highest BCUT2D eigenvalue weighted by molar-refractivity contribution is 7.81. The minimum absolute atomic E-state index is 0.0797. The minimum atomic E-state index is -2.72. The first-order valence-electron chi connectivity index (χ1n) is 7.68. The number of hydrogen-bond donors (Lipinski definition) is 2. The van der Waals surface area contributed by atoms with Crippen LogP contribution in [-0.4, -0.2) is 32.0 Å². The molecule has 3 rings (SSSR count). The Morgan fingerprint density at radius 3 is 2.64 bits per heavy atom. The number of benzene rings is 2. The topological polar surface area (TPSA) is 115 Å². The molecule has 11 heteroatoms. The van der Waals surface area contributed by atoms with Crippen molar-refractivity contribution in [2.24, 2.45) is 0 Å². The molecular weight excluding hydrogens is 409 g/mol. The standard InChI is InChI=1S/C17H14FN3O5S2/c1-26-14-8-11(16(22)20-23)4-7-13(14)21(28(24)25)15-9-19-17(27-15)10-2-5-12(18)6-3-10/h2-9,23H,1H3,(H,20,22)(H,24,25)/p-1. The highest BCUT2D eigenvalue weighted by Crippen LogP contribution is 2.40. The quantitative estimate of drug-likeness (QED) is 0.359. The molecule has 28 heavy (non-hydrogen) atoms. The van der Waals surface area contributed by atoms with Gasteiger partial charge < -0.3 is 9.29 Å². The molecule has 2 N–H and O–H groups in total. The molecule has 1 unspecified atom stereocenters. The third-order valence-corrected chi connectivity index (χ3v) is 5.53. The smallest absolute Gasteiger partial charge is 0.274 e. The predicted octanol–water partition coefficient (Wildman–Crippen LogP) is 3.01. The van der Waals surface area contributed by atoms with Crippen LogP contribution in [0.25, 0.3) is 10.6 Å². The molecule has 0 aliphatic rings. The van der Waals surface area contributed by atoms with Gasteiger partial charge in [-0.2, -0.15) is 0 Å². The number of nitrogens with one attached hydrogen (secondary N) is 1. The molecular formula is C17H13FN3O5S2-. The van der Waals surface area contributed by atoms with E-state index in [1.165, 1.54) is 49.1 Å². The second-order valence-electron chi connectivity index (χ2n) is 5.35. The van der Waals surface area contributed by atoms with Crippen LogP contribution in [-0.2, 0) is 11.3 Å². The van der Waals surface area contributed by atoms with Gasteiger partial charge in [-0.25, -0.2) is 14.9 Å². The van der Waals surface area contributed by atoms with E-state index in [4.69, 9.17) is 9.94 Å². The van der Waals surface area contributed by atoms with Crippen LogP contribution in [0.15, 0.2) is 48.7 Å².